The maximum absolute atomic E-state index is 0. The molecule has 0 fully saturated rings. The molecule has 9 heavy (non-hydrogen) atoms. The number of hydrogen-bond donors (Lipinski definition) is 0. The zero-order chi connectivity index (χ0) is 0. The van der Waals surface area contributed by atoms with Gasteiger partial charge in [-0.25, -0.2) is 0 Å². The summed E-state index contributed by atoms with van der Waals surface area (Å²) < 4.78 is 0. The van der Waals surface area contributed by atoms with E-state index in [1.54, 1.807) is 0 Å². The fourth-order valence-corrected chi connectivity index (χ4v) is 0. The van der Waals surface area contributed by atoms with Crippen molar-refractivity contribution in [1.29, 1.82) is 0 Å². The Morgan fingerprint density at radius 3 is 0.444 bits per heavy atom. The quantitative estimate of drug-likeness (QED) is 0.301. The van der Waals surface area contributed by atoms with E-state index in [-0.39, 0.29) is 144 Å². The molecule has 0 aromatic carbocycles. The number of hydrogen-bond acceptors (Lipinski definition) is 0. The van der Waals surface area contributed by atoms with Crippen molar-refractivity contribution < 1.29 is 61.2 Å². The second-order valence-corrected chi connectivity index (χ2v) is 0. The standard InChI is InChI=1S/2Al.2Nb.3O.2Sn.4H/q2*+3;;;3*-2;;;;;;. The Bertz CT molecular complexity index is 17.8. The molecule has 0 saturated carbocycles. The van der Waals surface area contributed by atoms with E-state index in [2.05, 4.69) is 0 Å². The molecule has 0 aliphatic carbocycles. The molecular formula is H4Al2Nb2O3Sn2. The van der Waals surface area contributed by atoms with Gasteiger partial charge in [0, 0.05) is 44.8 Å². The fourth-order valence-electron chi connectivity index (χ4n) is 0. The summed E-state index contributed by atoms with van der Waals surface area (Å²) in [5, 5.41) is 0. The molecule has 46 valence electrons. The summed E-state index contributed by atoms with van der Waals surface area (Å²) >= 11 is 0. The van der Waals surface area contributed by atoms with Crippen LogP contribution in [0, 0.1) is 0 Å². The Morgan fingerprint density at radius 2 is 0.444 bits per heavy atom. The molecule has 0 amide bonds. The van der Waals surface area contributed by atoms with E-state index in [1.165, 1.54) is 0 Å². The van der Waals surface area contributed by atoms with Gasteiger partial charge in [-0.15, -0.1) is 0 Å². The van der Waals surface area contributed by atoms with Crippen LogP contribution in [0.2, 0.25) is 0 Å². The SMILES string of the molecule is [Al+3].[Al+3].[Nb].[Nb].[O-2].[O-2].[O-2].[SnH2].[SnH2]. The van der Waals surface area contributed by atoms with Gasteiger partial charge in [0.2, 0.25) is 0 Å². The molecule has 0 saturated heterocycles. The molecule has 0 atom stereocenters. The van der Waals surface area contributed by atoms with Crippen molar-refractivity contribution >= 4 is 82.5 Å². The zero-order valence-electron chi connectivity index (χ0n) is 4.69. The Morgan fingerprint density at radius 1 is 0.444 bits per heavy atom. The van der Waals surface area contributed by atoms with Crippen LogP contribution < -0.4 is 0 Å². The van der Waals surface area contributed by atoms with Crippen LogP contribution in [-0.2, 0) is 61.2 Å². The predicted molar refractivity (Wildman–Crippen MR) is 30.7 cm³/mol. The average Bonchev–Trinajstić information content (AvgIpc) is 0. The van der Waals surface area contributed by atoms with Crippen molar-refractivity contribution in [3.05, 3.63) is 0 Å². The first kappa shape index (κ1) is 116. The van der Waals surface area contributed by atoms with Crippen molar-refractivity contribution in [2.45, 2.75) is 0 Å². The summed E-state index contributed by atoms with van der Waals surface area (Å²) in [5.74, 6) is 0. The molecule has 0 unspecified atom stereocenters. The van der Waals surface area contributed by atoms with E-state index in [0.29, 0.717) is 0 Å². The van der Waals surface area contributed by atoms with Gasteiger partial charge in [-0.1, -0.05) is 0 Å². The van der Waals surface area contributed by atoms with E-state index >= 15 is 0 Å². The first-order valence-corrected chi connectivity index (χ1v) is 0. The van der Waals surface area contributed by atoms with Crippen LogP contribution in [0.4, 0.5) is 0 Å². The molecular weight excluding hydrogens is 525 g/mol. The second kappa shape index (κ2) is 90.3. The van der Waals surface area contributed by atoms with Crippen LogP contribution in [0.15, 0.2) is 0 Å². The Labute approximate surface area is 141 Å². The first-order valence-electron chi connectivity index (χ1n) is 0. The molecule has 0 bridgehead atoms. The molecule has 0 N–H and O–H groups in total. The summed E-state index contributed by atoms with van der Waals surface area (Å²) in [6.07, 6.45) is 0. The first-order chi connectivity index (χ1) is 0. The molecule has 0 aromatic heterocycles. The van der Waals surface area contributed by atoms with Crippen LogP contribution in [-0.4, -0.2) is 82.5 Å². The third-order valence-electron chi connectivity index (χ3n) is 0. The fraction of sp³-hybridized carbons (Fsp3) is 0. The van der Waals surface area contributed by atoms with Crippen LogP contribution in [0.5, 0.6) is 0 Å². The van der Waals surface area contributed by atoms with E-state index in [4.69, 9.17) is 0 Å². The van der Waals surface area contributed by atoms with Gasteiger partial charge in [-0.3, -0.25) is 0 Å². The van der Waals surface area contributed by atoms with Gasteiger partial charge in [0.25, 0.3) is 0 Å². The Kier molecular flexibility index (Phi) is 1170. The van der Waals surface area contributed by atoms with Crippen molar-refractivity contribution in [1.82, 2.24) is 0 Å². The van der Waals surface area contributed by atoms with E-state index < -0.39 is 0 Å². The van der Waals surface area contributed by atoms with Gasteiger partial charge in [0.15, 0.2) is 0 Å². The minimum atomic E-state index is 0. The van der Waals surface area contributed by atoms with Gasteiger partial charge in [0.1, 0.15) is 0 Å². The van der Waals surface area contributed by atoms with Crippen molar-refractivity contribution in [2.24, 2.45) is 0 Å². The van der Waals surface area contributed by atoms with Gasteiger partial charge >= 0.3 is 82.5 Å². The van der Waals surface area contributed by atoms with Crippen molar-refractivity contribution in [3.63, 3.8) is 0 Å². The average molecular weight is 529 g/mol. The third-order valence-corrected chi connectivity index (χ3v) is 0. The molecule has 0 rings (SSSR count). The normalized spacial score (nSPS) is 0. The molecule has 0 aromatic rings. The molecule has 0 heterocycles. The Balaban J connectivity index is 0. The molecule has 0 aliphatic rings. The zero-order valence-corrected chi connectivity index (χ0v) is 19.5. The van der Waals surface area contributed by atoms with E-state index in [0.717, 1.165) is 0 Å². The van der Waals surface area contributed by atoms with Crippen LogP contribution in [0.25, 0.3) is 0 Å². The van der Waals surface area contributed by atoms with Crippen molar-refractivity contribution in [2.75, 3.05) is 0 Å². The van der Waals surface area contributed by atoms with Gasteiger partial charge in [-0.05, 0) is 0 Å². The van der Waals surface area contributed by atoms with Crippen LogP contribution in [0.1, 0.15) is 0 Å². The molecule has 0 spiro atoms. The molecule has 3 nitrogen and oxygen atoms in total. The van der Waals surface area contributed by atoms with E-state index in [9.17, 15) is 0 Å². The van der Waals surface area contributed by atoms with Crippen LogP contribution >= 0.6 is 0 Å². The van der Waals surface area contributed by atoms with Gasteiger partial charge < -0.3 is 16.4 Å². The van der Waals surface area contributed by atoms with Crippen LogP contribution in [0.3, 0.4) is 0 Å². The van der Waals surface area contributed by atoms with Gasteiger partial charge in [-0.2, -0.15) is 0 Å². The summed E-state index contributed by atoms with van der Waals surface area (Å²) in [7, 11) is 0. The topological polar surface area (TPSA) is 85.5 Å². The molecule has 0 aliphatic heterocycles. The molecule has 6 radical (unpaired) electrons. The third kappa shape index (κ3) is 74.6. The van der Waals surface area contributed by atoms with E-state index in [1.807, 2.05) is 0 Å². The predicted octanol–water partition coefficient (Wildman–Crippen LogP) is -2.96. The Hall–Kier alpha value is 4.02. The number of rotatable bonds is 0. The summed E-state index contributed by atoms with van der Waals surface area (Å²) in [4.78, 5) is 0. The summed E-state index contributed by atoms with van der Waals surface area (Å²) in [6.45, 7) is 0. The second-order valence-electron chi connectivity index (χ2n) is 0. The van der Waals surface area contributed by atoms with Gasteiger partial charge in [0.05, 0.1) is 0 Å². The van der Waals surface area contributed by atoms with Crippen molar-refractivity contribution in [3.8, 4) is 0 Å². The summed E-state index contributed by atoms with van der Waals surface area (Å²) in [5.41, 5.74) is 0. The maximum atomic E-state index is 0. The summed E-state index contributed by atoms with van der Waals surface area (Å²) in [6, 6.07) is 0. The molecule has 9 heteroatoms. The monoisotopic (exact) mass is 532 g/mol. The minimum absolute atomic E-state index is 0.